The highest BCUT2D eigenvalue weighted by Crippen LogP contribution is 2.26. The number of nitrogens with zero attached hydrogens (tertiary/aromatic N) is 4. The van der Waals surface area contributed by atoms with Crippen LogP contribution in [0.4, 0.5) is 16.0 Å². The van der Waals surface area contributed by atoms with Gasteiger partial charge in [-0.15, -0.1) is 0 Å². The zero-order chi connectivity index (χ0) is 23.5. The minimum atomic E-state index is -0.275. The first-order valence-electron chi connectivity index (χ1n) is 11.6. The van der Waals surface area contributed by atoms with Crippen molar-refractivity contribution in [1.29, 1.82) is 0 Å². The lowest BCUT2D eigenvalue weighted by atomic mass is 9.96. The maximum atomic E-state index is 14.4. The third kappa shape index (κ3) is 5.34. The monoisotopic (exact) mass is 480 g/mol. The van der Waals surface area contributed by atoms with Gasteiger partial charge in [-0.25, -0.2) is 14.4 Å². The number of hydrogen-bond donors (Lipinski definition) is 2. The number of nitrogens with one attached hydrogen (secondary N) is 2. The van der Waals surface area contributed by atoms with E-state index in [0.717, 1.165) is 30.6 Å². The number of benzene rings is 2. The summed E-state index contributed by atoms with van der Waals surface area (Å²) in [5.74, 6) is 0.583. The number of aromatic nitrogens is 3. The van der Waals surface area contributed by atoms with Crippen molar-refractivity contribution < 1.29 is 9.18 Å². The molecule has 2 aromatic carbocycles. The zero-order valence-electron chi connectivity index (χ0n) is 18.7. The topological polar surface area (TPSA) is 83.0 Å². The van der Waals surface area contributed by atoms with Gasteiger partial charge in [0.2, 0.25) is 11.9 Å². The lowest BCUT2D eigenvalue weighted by Crippen LogP contribution is -2.43. The van der Waals surface area contributed by atoms with Crippen molar-refractivity contribution in [3.05, 3.63) is 64.7 Å². The number of carbonyl (C=O) groups excluding carboxylic acids is 1. The Balaban J connectivity index is 1.49. The molecular weight excluding hydrogens is 455 g/mol. The molecule has 2 aliphatic rings. The molecule has 5 rings (SSSR count). The maximum absolute atomic E-state index is 14.4. The molecule has 8 bridgehead atoms. The first kappa shape index (κ1) is 22.7. The van der Waals surface area contributed by atoms with Crippen LogP contribution in [-0.2, 0) is 17.8 Å². The highest BCUT2D eigenvalue weighted by molar-refractivity contribution is 6.31. The van der Waals surface area contributed by atoms with E-state index in [4.69, 9.17) is 11.6 Å². The van der Waals surface area contributed by atoms with Gasteiger partial charge in [-0.3, -0.25) is 9.69 Å². The molecular formula is C25H26ClFN6O. The van der Waals surface area contributed by atoms with Crippen LogP contribution in [0.3, 0.4) is 0 Å². The number of anilines is 2. The Morgan fingerprint density at radius 2 is 2.03 bits per heavy atom. The van der Waals surface area contributed by atoms with Crippen molar-refractivity contribution in [3.63, 3.8) is 0 Å². The third-order valence-corrected chi connectivity index (χ3v) is 6.51. The molecule has 9 heteroatoms. The van der Waals surface area contributed by atoms with Crippen LogP contribution in [0.1, 0.15) is 30.4 Å². The molecule has 0 radical (unpaired) electrons. The summed E-state index contributed by atoms with van der Waals surface area (Å²) in [6, 6.07) is 10.6. The number of rotatable bonds is 0. The third-order valence-electron chi connectivity index (χ3n) is 6.29. The van der Waals surface area contributed by atoms with Crippen molar-refractivity contribution in [2.75, 3.05) is 25.0 Å². The van der Waals surface area contributed by atoms with Gasteiger partial charge in [-0.05, 0) is 79.8 Å². The second-order valence-electron chi connectivity index (χ2n) is 8.88. The summed E-state index contributed by atoms with van der Waals surface area (Å²) in [5, 5.41) is 6.87. The molecule has 0 aliphatic carbocycles. The molecule has 3 heterocycles. The van der Waals surface area contributed by atoms with E-state index < -0.39 is 0 Å². The van der Waals surface area contributed by atoms with Gasteiger partial charge in [0.25, 0.3) is 0 Å². The minimum absolute atomic E-state index is 0.0476. The van der Waals surface area contributed by atoms with Crippen LogP contribution < -0.4 is 10.6 Å². The van der Waals surface area contributed by atoms with E-state index in [1.807, 2.05) is 18.2 Å². The number of hydrogen-bond acceptors (Lipinski definition) is 6. The van der Waals surface area contributed by atoms with Gasteiger partial charge in [-0.1, -0.05) is 11.6 Å². The van der Waals surface area contributed by atoms with Crippen LogP contribution in [0.2, 0.25) is 5.02 Å². The fraction of sp³-hybridized carbons (Fsp3) is 0.360. The highest BCUT2D eigenvalue weighted by atomic mass is 35.5. The van der Waals surface area contributed by atoms with Gasteiger partial charge in [0.05, 0.1) is 5.92 Å². The predicted molar refractivity (Wildman–Crippen MR) is 129 cm³/mol. The Morgan fingerprint density at radius 1 is 1.12 bits per heavy atom. The Hall–Kier alpha value is -3.10. The second kappa shape index (κ2) is 10.0. The number of amides is 1. The van der Waals surface area contributed by atoms with Crippen molar-refractivity contribution in [3.8, 4) is 11.4 Å². The average Bonchev–Trinajstić information content (AvgIpc) is 2.82. The molecule has 34 heavy (non-hydrogen) atoms. The van der Waals surface area contributed by atoms with Gasteiger partial charge in [0, 0.05) is 35.9 Å². The van der Waals surface area contributed by atoms with Crippen molar-refractivity contribution >= 4 is 29.1 Å². The molecule has 1 fully saturated rings. The van der Waals surface area contributed by atoms with Gasteiger partial charge in [0.1, 0.15) is 12.1 Å². The maximum Gasteiger partial charge on any atom is 0.230 e. The number of halogens is 2. The average molecular weight is 481 g/mol. The smallest absolute Gasteiger partial charge is 0.230 e. The quantitative estimate of drug-likeness (QED) is 0.497. The van der Waals surface area contributed by atoms with E-state index >= 15 is 0 Å². The summed E-state index contributed by atoms with van der Waals surface area (Å²) < 4.78 is 14.4. The van der Waals surface area contributed by atoms with Crippen LogP contribution in [0.15, 0.2) is 42.7 Å². The van der Waals surface area contributed by atoms with E-state index in [-0.39, 0.29) is 17.6 Å². The van der Waals surface area contributed by atoms with E-state index in [1.54, 1.807) is 12.1 Å². The Labute approximate surface area is 202 Å². The van der Waals surface area contributed by atoms with Crippen molar-refractivity contribution in [2.45, 2.75) is 32.2 Å². The molecule has 3 aromatic rings. The van der Waals surface area contributed by atoms with Gasteiger partial charge in [0.15, 0.2) is 5.82 Å². The molecule has 7 nitrogen and oxygen atoms in total. The molecule has 176 valence electrons. The fourth-order valence-corrected chi connectivity index (χ4v) is 4.91. The normalized spacial score (nSPS) is 20.8. The molecule has 1 amide bonds. The Morgan fingerprint density at radius 3 is 2.94 bits per heavy atom. The lowest BCUT2D eigenvalue weighted by Gasteiger charge is -2.32. The molecule has 2 unspecified atom stereocenters. The van der Waals surface area contributed by atoms with Gasteiger partial charge >= 0.3 is 0 Å². The van der Waals surface area contributed by atoms with Crippen molar-refractivity contribution in [2.24, 2.45) is 5.92 Å². The van der Waals surface area contributed by atoms with Crippen LogP contribution in [-0.4, -0.2) is 45.4 Å². The first-order chi connectivity index (χ1) is 16.5. The minimum Gasteiger partial charge on any atom is -0.356 e. The molecule has 2 atom stereocenters. The first-order valence-corrected chi connectivity index (χ1v) is 12.0. The standard InChI is InChI=1S/C25H26ClFN6O/c26-20-9-16-10-21(12-20)31-25-30-15-29-23(32-25)18-5-6-22(27)17(11-18)3-1-7-28-24(34)19-4-2-8-33(13-16)14-19/h5-6,9-12,15,19H,1-4,7-8,13-14H2,(H,28,34)(H,29,30,31,32). The number of aryl methyl sites for hydroxylation is 1. The van der Waals surface area contributed by atoms with Gasteiger partial charge < -0.3 is 10.6 Å². The summed E-state index contributed by atoms with van der Waals surface area (Å²) in [6.45, 7) is 2.85. The highest BCUT2D eigenvalue weighted by Gasteiger charge is 2.25. The summed E-state index contributed by atoms with van der Waals surface area (Å²) in [5.41, 5.74) is 3.09. The number of fused-ring (bicyclic) bond motifs is 9. The summed E-state index contributed by atoms with van der Waals surface area (Å²) in [6.07, 6.45) is 4.44. The molecule has 1 aromatic heterocycles. The number of carbonyl (C=O) groups is 1. The molecule has 2 aliphatic heterocycles. The molecule has 0 spiro atoms. The van der Waals surface area contributed by atoms with E-state index in [1.165, 1.54) is 12.4 Å². The van der Waals surface area contributed by atoms with E-state index in [0.29, 0.717) is 60.4 Å². The van der Waals surface area contributed by atoms with Crippen LogP contribution in [0.25, 0.3) is 11.4 Å². The molecule has 0 saturated carbocycles. The largest absolute Gasteiger partial charge is 0.356 e. The van der Waals surface area contributed by atoms with Crippen LogP contribution >= 0.6 is 11.6 Å². The summed E-state index contributed by atoms with van der Waals surface area (Å²) in [4.78, 5) is 28.1. The van der Waals surface area contributed by atoms with E-state index in [2.05, 4.69) is 30.5 Å². The Kier molecular flexibility index (Phi) is 6.69. The lowest BCUT2D eigenvalue weighted by molar-refractivity contribution is -0.126. The molecule has 2 N–H and O–H groups in total. The zero-order valence-corrected chi connectivity index (χ0v) is 19.5. The van der Waals surface area contributed by atoms with E-state index in [9.17, 15) is 9.18 Å². The molecule has 1 saturated heterocycles. The predicted octanol–water partition coefficient (Wildman–Crippen LogP) is 4.35. The summed E-state index contributed by atoms with van der Waals surface area (Å²) in [7, 11) is 0. The number of piperidine rings is 1. The van der Waals surface area contributed by atoms with Crippen molar-refractivity contribution in [1.82, 2.24) is 25.2 Å². The SMILES string of the molecule is O=C1NCCCc2cc(ccc2F)-c2ncnc(n2)Nc2cc(Cl)cc(c2)CN2CCCC1C2. The van der Waals surface area contributed by atoms with Crippen LogP contribution in [0.5, 0.6) is 0 Å². The van der Waals surface area contributed by atoms with Gasteiger partial charge in [-0.2, -0.15) is 4.98 Å². The van der Waals surface area contributed by atoms with Crippen LogP contribution in [0, 0.1) is 11.7 Å². The summed E-state index contributed by atoms with van der Waals surface area (Å²) >= 11 is 6.41. The fourth-order valence-electron chi connectivity index (χ4n) is 4.65. The second-order valence-corrected chi connectivity index (χ2v) is 9.32. The Bertz CT molecular complexity index is 1210.